The predicted molar refractivity (Wildman–Crippen MR) is 63.4 cm³/mol. The summed E-state index contributed by atoms with van der Waals surface area (Å²) in [6.07, 6.45) is 3.49. The van der Waals surface area contributed by atoms with Gasteiger partial charge < -0.3 is 4.74 Å². The molecule has 4 heteroatoms. The quantitative estimate of drug-likeness (QED) is 0.827. The van der Waals surface area contributed by atoms with E-state index in [1.54, 1.807) is 18.2 Å². The monoisotopic (exact) mass is 254 g/mol. The molecule has 0 atom stereocenters. The van der Waals surface area contributed by atoms with Crippen LogP contribution in [0, 0.1) is 5.82 Å². The fraction of sp³-hybridized carbons (Fsp3) is 0.308. The molecular formula is C13H12ClFO2. The van der Waals surface area contributed by atoms with Gasteiger partial charge in [-0.2, -0.15) is 0 Å². The lowest BCUT2D eigenvalue weighted by Crippen LogP contribution is -2.14. The Morgan fingerprint density at radius 1 is 1.47 bits per heavy atom. The average molecular weight is 255 g/mol. The normalized spacial score (nSPS) is 15.1. The van der Waals surface area contributed by atoms with Gasteiger partial charge in [0.25, 0.3) is 0 Å². The van der Waals surface area contributed by atoms with Gasteiger partial charge in [0.15, 0.2) is 5.76 Å². The summed E-state index contributed by atoms with van der Waals surface area (Å²) in [5.74, 6) is -0.389. The molecule has 0 spiro atoms. The molecule has 0 amide bonds. The van der Waals surface area contributed by atoms with Crippen LogP contribution in [0.5, 0.6) is 0 Å². The van der Waals surface area contributed by atoms with E-state index in [-0.39, 0.29) is 17.2 Å². The Balaban J connectivity index is 2.13. The summed E-state index contributed by atoms with van der Waals surface area (Å²) in [7, 11) is 0. The topological polar surface area (TPSA) is 26.3 Å². The number of rotatable bonds is 3. The van der Waals surface area contributed by atoms with Gasteiger partial charge in [0, 0.05) is 6.42 Å². The number of ketones is 1. The molecule has 1 aliphatic rings. The number of benzene rings is 1. The maximum Gasteiger partial charge on any atom is 0.201 e. The van der Waals surface area contributed by atoms with E-state index in [2.05, 4.69) is 0 Å². The van der Waals surface area contributed by atoms with Crippen LogP contribution in [0.2, 0.25) is 5.02 Å². The summed E-state index contributed by atoms with van der Waals surface area (Å²) in [6, 6.07) is 4.65. The number of hydrogen-bond acceptors (Lipinski definition) is 2. The van der Waals surface area contributed by atoms with E-state index < -0.39 is 5.82 Å². The van der Waals surface area contributed by atoms with E-state index in [1.807, 2.05) is 0 Å². The summed E-state index contributed by atoms with van der Waals surface area (Å²) in [4.78, 5) is 11.8. The first-order valence-corrected chi connectivity index (χ1v) is 5.85. The van der Waals surface area contributed by atoms with Gasteiger partial charge in [-0.3, -0.25) is 4.79 Å². The van der Waals surface area contributed by atoms with Crippen molar-refractivity contribution in [2.24, 2.45) is 0 Å². The van der Waals surface area contributed by atoms with Gasteiger partial charge in [-0.15, -0.1) is 0 Å². The summed E-state index contributed by atoms with van der Waals surface area (Å²) >= 11 is 5.65. The lowest BCUT2D eigenvalue weighted by molar-refractivity contribution is -0.118. The molecule has 0 N–H and O–H groups in total. The van der Waals surface area contributed by atoms with Crippen molar-refractivity contribution in [1.82, 2.24) is 0 Å². The number of allylic oxidation sites excluding steroid dienone is 2. The van der Waals surface area contributed by atoms with Gasteiger partial charge in [0.05, 0.1) is 11.6 Å². The predicted octanol–water partition coefficient (Wildman–Crippen LogP) is 3.29. The molecule has 0 unspecified atom stereocenters. The van der Waals surface area contributed by atoms with E-state index in [4.69, 9.17) is 16.3 Å². The highest BCUT2D eigenvalue weighted by Gasteiger charge is 2.17. The van der Waals surface area contributed by atoms with E-state index in [0.29, 0.717) is 17.9 Å². The molecular weight excluding hydrogens is 243 g/mol. The lowest BCUT2D eigenvalue weighted by Gasteiger charge is -2.13. The van der Waals surface area contributed by atoms with Crippen molar-refractivity contribution in [2.45, 2.75) is 19.3 Å². The fourth-order valence-corrected chi connectivity index (χ4v) is 1.89. The van der Waals surface area contributed by atoms with Crippen LogP contribution in [-0.2, 0) is 16.0 Å². The van der Waals surface area contributed by atoms with Crippen molar-refractivity contribution >= 4 is 17.4 Å². The van der Waals surface area contributed by atoms with Crippen LogP contribution in [0.15, 0.2) is 30.0 Å². The molecule has 0 bridgehead atoms. The van der Waals surface area contributed by atoms with E-state index in [1.165, 1.54) is 6.07 Å². The largest absolute Gasteiger partial charge is 0.490 e. The highest BCUT2D eigenvalue weighted by molar-refractivity contribution is 6.30. The molecule has 0 fully saturated rings. The Morgan fingerprint density at radius 2 is 2.29 bits per heavy atom. The molecule has 90 valence electrons. The Labute approximate surface area is 104 Å². The van der Waals surface area contributed by atoms with E-state index in [0.717, 1.165) is 12.8 Å². The molecule has 1 aromatic rings. The second-order valence-electron chi connectivity index (χ2n) is 3.87. The molecule has 1 aromatic carbocycles. The molecule has 1 heterocycles. The molecule has 0 aromatic heterocycles. The summed E-state index contributed by atoms with van der Waals surface area (Å²) in [5, 5.41) is 0.0360. The standard InChI is InChI=1S/C13H12ClFO2/c14-10-5-3-4-9(13(10)15)8-11(16)12-6-1-2-7-17-12/h3-6H,1-2,7-8H2. The highest BCUT2D eigenvalue weighted by Crippen LogP contribution is 2.20. The summed E-state index contributed by atoms with van der Waals surface area (Å²) in [6.45, 7) is 0.551. The minimum atomic E-state index is -0.529. The number of carbonyl (C=O) groups excluding carboxylic acids is 1. The Morgan fingerprint density at radius 3 is 3.00 bits per heavy atom. The van der Waals surface area contributed by atoms with Crippen LogP contribution in [0.25, 0.3) is 0 Å². The smallest absolute Gasteiger partial charge is 0.201 e. The number of halogens is 2. The second kappa shape index (κ2) is 5.32. The van der Waals surface area contributed by atoms with Crippen molar-refractivity contribution < 1.29 is 13.9 Å². The third-order valence-electron chi connectivity index (χ3n) is 2.59. The Bertz CT molecular complexity index is 468. The zero-order chi connectivity index (χ0) is 12.3. The van der Waals surface area contributed by atoms with Crippen molar-refractivity contribution in [2.75, 3.05) is 6.61 Å². The number of hydrogen-bond donors (Lipinski definition) is 0. The van der Waals surface area contributed by atoms with Crippen LogP contribution in [0.4, 0.5) is 4.39 Å². The molecule has 1 aliphatic heterocycles. The van der Waals surface area contributed by atoms with E-state index in [9.17, 15) is 9.18 Å². The fourth-order valence-electron chi connectivity index (χ4n) is 1.70. The van der Waals surface area contributed by atoms with Gasteiger partial charge in [0.2, 0.25) is 5.78 Å². The Kier molecular flexibility index (Phi) is 3.79. The maximum atomic E-state index is 13.6. The maximum absolute atomic E-state index is 13.6. The molecule has 0 saturated carbocycles. The van der Waals surface area contributed by atoms with Gasteiger partial charge >= 0.3 is 0 Å². The van der Waals surface area contributed by atoms with Crippen molar-refractivity contribution in [3.05, 3.63) is 46.4 Å². The molecule has 0 radical (unpaired) electrons. The van der Waals surface area contributed by atoms with Crippen LogP contribution in [-0.4, -0.2) is 12.4 Å². The number of carbonyl (C=O) groups is 1. The number of ether oxygens (including phenoxy) is 1. The number of Topliss-reactive ketones (excluding diaryl/α,β-unsaturated/α-hetero) is 1. The van der Waals surface area contributed by atoms with Crippen molar-refractivity contribution in [3.63, 3.8) is 0 Å². The van der Waals surface area contributed by atoms with Crippen LogP contribution in [0.1, 0.15) is 18.4 Å². The molecule has 0 saturated heterocycles. The van der Waals surface area contributed by atoms with Gasteiger partial charge in [0.1, 0.15) is 5.82 Å². The van der Waals surface area contributed by atoms with Crippen molar-refractivity contribution in [1.29, 1.82) is 0 Å². The summed E-state index contributed by atoms with van der Waals surface area (Å²) in [5.41, 5.74) is 0.303. The minimum absolute atomic E-state index is 0.0156. The Hall–Kier alpha value is -1.35. The third-order valence-corrected chi connectivity index (χ3v) is 2.89. The van der Waals surface area contributed by atoms with Crippen LogP contribution in [0.3, 0.4) is 0 Å². The van der Waals surface area contributed by atoms with Gasteiger partial charge in [-0.05, 0) is 30.5 Å². The zero-order valence-electron chi connectivity index (χ0n) is 9.21. The first-order chi connectivity index (χ1) is 8.18. The first kappa shape index (κ1) is 12.1. The van der Waals surface area contributed by atoms with E-state index >= 15 is 0 Å². The molecule has 17 heavy (non-hydrogen) atoms. The molecule has 2 nitrogen and oxygen atoms in total. The van der Waals surface area contributed by atoms with Gasteiger partial charge in [-0.1, -0.05) is 23.7 Å². The molecule has 2 rings (SSSR count). The summed E-state index contributed by atoms with van der Waals surface area (Å²) < 4.78 is 18.8. The third kappa shape index (κ3) is 2.86. The zero-order valence-corrected chi connectivity index (χ0v) is 9.97. The highest BCUT2D eigenvalue weighted by atomic mass is 35.5. The average Bonchev–Trinajstić information content (AvgIpc) is 2.36. The first-order valence-electron chi connectivity index (χ1n) is 5.47. The van der Waals surface area contributed by atoms with Crippen LogP contribution < -0.4 is 0 Å². The lowest BCUT2D eigenvalue weighted by atomic mass is 10.1. The van der Waals surface area contributed by atoms with Crippen molar-refractivity contribution in [3.8, 4) is 0 Å². The van der Waals surface area contributed by atoms with Crippen LogP contribution >= 0.6 is 11.6 Å². The minimum Gasteiger partial charge on any atom is -0.490 e. The second-order valence-corrected chi connectivity index (χ2v) is 4.28. The molecule has 0 aliphatic carbocycles. The SMILES string of the molecule is O=C(Cc1cccc(Cl)c1F)C1=CCCCO1. The van der Waals surface area contributed by atoms with Gasteiger partial charge in [-0.25, -0.2) is 4.39 Å².